The van der Waals surface area contributed by atoms with Gasteiger partial charge in [-0.15, -0.1) is 0 Å². The first-order chi connectivity index (χ1) is 15.4. The van der Waals surface area contributed by atoms with Gasteiger partial charge in [0.15, 0.2) is 0 Å². The van der Waals surface area contributed by atoms with Gasteiger partial charge in [0.05, 0.1) is 23.2 Å². The number of imide groups is 1. The summed E-state index contributed by atoms with van der Waals surface area (Å²) in [7, 11) is 0. The largest absolute Gasteiger partial charge is 0.427 e. The van der Waals surface area contributed by atoms with Gasteiger partial charge >= 0.3 is 5.97 Å². The molecule has 0 spiro atoms. The molecule has 6 rings (SSSR count). The second kappa shape index (κ2) is 6.90. The third kappa shape index (κ3) is 2.67. The lowest BCUT2D eigenvalue weighted by molar-refractivity contribution is -0.132. The Hall–Kier alpha value is -3.19. The molecule has 1 saturated heterocycles. The number of carbonyl (C=O) groups is 3. The van der Waals surface area contributed by atoms with E-state index < -0.39 is 5.97 Å². The third-order valence-electron chi connectivity index (χ3n) is 7.19. The third-order valence-corrected chi connectivity index (χ3v) is 7.44. The molecule has 2 aromatic carbocycles. The first-order valence-corrected chi connectivity index (χ1v) is 11.0. The Kier molecular flexibility index (Phi) is 4.21. The molecular weight excluding hydrogens is 432 g/mol. The zero-order chi connectivity index (χ0) is 22.1. The van der Waals surface area contributed by atoms with Crippen LogP contribution in [-0.2, 0) is 19.2 Å². The van der Waals surface area contributed by atoms with E-state index in [0.29, 0.717) is 16.5 Å². The number of ether oxygens (including phenoxy) is 1. The molecule has 4 aliphatic rings. The quantitative estimate of drug-likeness (QED) is 0.406. The lowest BCUT2D eigenvalue weighted by atomic mass is 9.71. The first kappa shape index (κ1) is 19.5. The highest BCUT2D eigenvalue weighted by atomic mass is 35.5. The number of carbonyl (C=O) groups excluding carboxylic acids is 3. The van der Waals surface area contributed by atoms with Crippen molar-refractivity contribution in [2.24, 2.45) is 34.7 Å². The van der Waals surface area contributed by atoms with Crippen LogP contribution in [0.4, 0.5) is 5.69 Å². The van der Waals surface area contributed by atoms with Gasteiger partial charge in [0.25, 0.3) is 0 Å². The first-order valence-electron chi connectivity index (χ1n) is 10.6. The summed E-state index contributed by atoms with van der Waals surface area (Å²) in [5.74, 6) is -1.22. The molecule has 2 bridgehead atoms. The van der Waals surface area contributed by atoms with Crippen LogP contribution in [0.2, 0.25) is 5.02 Å². The Morgan fingerprint density at radius 3 is 2.31 bits per heavy atom. The van der Waals surface area contributed by atoms with Gasteiger partial charge in [-0.1, -0.05) is 28.9 Å². The van der Waals surface area contributed by atoms with E-state index in [9.17, 15) is 14.4 Å². The molecule has 162 valence electrons. The number of esters is 1. The molecule has 2 amide bonds. The van der Waals surface area contributed by atoms with Gasteiger partial charge in [-0.05, 0) is 54.3 Å². The topological polar surface area (TPSA) is 85.3 Å². The number of hydrogen-bond acceptors (Lipinski definition) is 6. The Morgan fingerprint density at radius 1 is 1.00 bits per heavy atom. The van der Waals surface area contributed by atoms with E-state index in [0.717, 1.165) is 17.7 Å². The minimum Gasteiger partial charge on any atom is -0.427 e. The van der Waals surface area contributed by atoms with E-state index >= 15 is 0 Å². The van der Waals surface area contributed by atoms with E-state index in [1.807, 2.05) is 24.3 Å². The van der Waals surface area contributed by atoms with Crippen molar-refractivity contribution in [2.45, 2.75) is 19.4 Å². The van der Waals surface area contributed by atoms with Crippen molar-refractivity contribution in [3.8, 4) is 5.75 Å². The number of anilines is 1. The Morgan fingerprint density at radius 2 is 1.66 bits per heavy atom. The summed E-state index contributed by atoms with van der Waals surface area (Å²) in [6, 6.07) is 13.9. The molecule has 8 heteroatoms. The Balaban J connectivity index is 1.29. The minimum absolute atomic E-state index is 0.00805. The molecule has 2 aromatic rings. The molecule has 3 fully saturated rings. The molecule has 0 N–H and O–H groups in total. The molecule has 2 aliphatic heterocycles. The Labute approximate surface area is 188 Å². The second-order valence-electron chi connectivity index (χ2n) is 8.79. The van der Waals surface area contributed by atoms with Crippen LogP contribution in [0.3, 0.4) is 0 Å². The van der Waals surface area contributed by atoms with Crippen molar-refractivity contribution >= 4 is 40.8 Å². The molecule has 0 aromatic heterocycles. The average Bonchev–Trinajstić information content (AvgIpc) is 3.50. The highest BCUT2D eigenvalue weighted by molar-refractivity contribution is 6.30. The highest BCUT2D eigenvalue weighted by Crippen LogP contribution is 2.62. The van der Waals surface area contributed by atoms with Gasteiger partial charge in [-0.25, -0.2) is 0 Å². The predicted octanol–water partition coefficient (Wildman–Crippen LogP) is 3.44. The summed E-state index contributed by atoms with van der Waals surface area (Å²) in [5.41, 5.74) is 2.25. The summed E-state index contributed by atoms with van der Waals surface area (Å²) in [6.07, 6.45) is 0.600. The van der Waals surface area contributed by atoms with E-state index in [1.165, 1.54) is 11.8 Å². The van der Waals surface area contributed by atoms with Gasteiger partial charge in [-0.2, -0.15) is 0 Å². The van der Waals surface area contributed by atoms with E-state index in [-0.39, 0.29) is 47.5 Å². The number of fused-ring (bicyclic) bond motifs is 8. The standard InChI is InChI=1S/C24H19ClN2O5/c1-11(28)31-15-8-6-14(7-9-15)27-23(29)18-16-10-17(19(18)24(27)30)22-20(16)21(26-32-22)12-2-4-13(25)5-3-12/h2-9,16-20,22H,10H2,1H3. The van der Waals surface area contributed by atoms with Gasteiger partial charge in [0.2, 0.25) is 11.8 Å². The lowest BCUT2D eigenvalue weighted by Crippen LogP contribution is -2.41. The monoisotopic (exact) mass is 450 g/mol. The summed E-state index contributed by atoms with van der Waals surface area (Å²) in [5, 5.41) is 4.99. The van der Waals surface area contributed by atoms with Crippen LogP contribution < -0.4 is 9.64 Å². The zero-order valence-electron chi connectivity index (χ0n) is 17.1. The van der Waals surface area contributed by atoms with Gasteiger partial charge < -0.3 is 9.57 Å². The number of benzene rings is 2. The van der Waals surface area contributed by atoms with Crippen molar-refractivity contribution in [3.05, 3.63) is 59.1 Å². The number of halogens is 1. The highest BCUT2D eigenvalue weighted by Gasteiger charge is 2.70. The van der Waals surface area contributed by atoms with Crippen LogP contribution in [-0.4, -0.2) is 29.6 Å². The number of rotatable bonds is 3. The SMILES string of the molecule is CC(=O)Oc1ccc(N2C(=O)C3C4CC(C5C(c6ccc(Cl)cc6)=NOC45)C3C2=O)cc1. The number of nitrogens with zero attached hydrogens (tertiary/aromatic N) is 2. The summed E-state index contributed by atoms with van der Waals surface area (Å²) >= 11 is 6.03. The van der Waals surface area contributed by atoms with E-state index in [2.05, 4.69) is 5.16 Å². The van der Waals surface area contributed by atoms with E-state index in [4.69, 9.17) is 21.2 Å². The zero-order valence-corrected chi connectivity index (χ0v) is 17.9. The van der Waals surface area contributed by atoms with Gasteiger partial charge in [0, 0.05) is 23.8 Å². The van der Waals surface area contributed by atoms with E-state index in [1.54, 1.807) is 24.3 Å². The van der Waals surface area contributed by atoms with Gasteiger partial charge in [-0.3, -0.25) is 19.3 Å². The maximum absolute atomic E-state index is 13.4. The van der Waals surface area contributed by atoms with Crippen molar-refractivity contribution in [1.82, 2.24) is 0 Å². The van der Waals surface area contributed by atoms with Crippen LogP contribution in [0.25, 0.3) is 0 Å². The fourth-order valence-electron chi connectivity index (χ4n) is 6.07. The maximum atomic E-state index is 13.4. The average molecular weight is 451 g/mol. The molecule has 7 nitrogen and oxygen atoms in total. The van der Waals surface area contributed by atoms with Gasteiger partial charge in [0.1, 0.15) is 11.9 Å². The molecule has 6 unspecified atom stereocenters. The van der Waals surface area contributed by atoms with Crippen LogP contribution >= 0.6 is 11.6 Å². The molecular formula is C24H19ClN2O5. The molecule has 6 atom stereocenters. The van der Waals surface area contributed by atoms with Crippen LogP contribution in [0, 0.1) is 29.6 Å². The number of hydrogen-bond donors (Lipinski definition) is 0. The summed E-state index contributed by atoms with van der Waals surface area (Å²) in [6.45, 7) is 1.32. The normalized spacial score (nSPS) is 31.9. The smallest absolute Gasteiger partial charge is 0.308 e. The van der Waals surface area contributed by atoms with Crippen LogP contribution in [0.15, 0.2) is 53.7 Å². The maximum Gasteiger partial charge on any atom is 0.308 e. The lowest BCUT2D eigenvalue weighted by Gasteiger charge is -2.29. The fraction of sp³-hybridized carbons (Fsp3) is 0.333. The minimum atomic E-state index is -0.429. The fourth-order valence-corrected chi connectivity index (χ4v) is 6.19. The predicted molar refractivity (Wildman–Crippen MR) is 115 cm³/mol. The summed E-state index contributed by atoms with van der Waals surface area (Å²) in [4.78, 5) is 45.0. The van der Waals surface area contributed by atoms with Crippen molar-refractivity contribution in [1.29, 1.82) is 0 Å². The summed E-state index contributed by atoms with van der Waals surface area (Å²) < 4.78 is 5.05. The number of amides is 2. The van der Waals surface area contributed by atoms with Crippen LogP contribution in [0.1, 0.15) is 18.9 Å². The molecule has 2 heterocycles. The molecule has 2 aliphatic carbocycles. The Bertz CT molecular complexity index is 1180. The molecule has 32 heavy (non-hydrogen) atoms. The molecule has 2 saturated carbocycles. The molecule has 0 radical (unpaired) electrons. The van der Waals surface area contributed by atoms with Crippen molar-refractivity contribution < 1.29 is 24.0 Å². The van der Waals surface area contributed by atoms with Crippen molar-refractivity contribution in [3.63, 3.8) is 0 Å². The number of oxime groups is 1. The van der Waals surface area contributed by atoms with Crippen LogP contribution in [0.5, 0.6) is 5.75 Å². The van der Waals surface area contributed by atoms with Crippen molar-refractivity contribution in [2.75, 3.05) is 4.90 Å². The second-order valence-corrected chi connectivity index (χ2v) is 9.23.